The highest BCUT2D eigenvalue weighted by Crippen LogP contribution is 2.29. The van der Waals surface area contributed by atoms with Crippen molar-refractivity contribution in [2.75, 3.05) is 6.54 Å². The number of carbonyl (C=O) groups is 2. The van der Waals surface area contributed by atoms with Crippen molar-refractivity contribution in [3.63, 3.8) is 0 Å². The quantitative estimate of drug-likeness (QED) is 0.536. The van der Waals surface area contributed by atoms with Crippen molar-refractivity contribution in [2.24, 2.45) is 0 Å². The van der Waals surface area contributed by atoms with Crippen LogP contribution in [0.3, 0.4) is 0 Å². The maximum atomic E-state index is 13.1. The van der Waals surface area contributed by atoms with Gasteiger partial charge in [0.05, 0.1) is 23.4 Å². The maximum absolute atomic E-state index is 13.1. The normalized spacial score (nSPS) is 12.2. The van der Waals surface area contributed by atoms with Crippen LogP contribution in [-0.2, 0) is 26.0 Å². The molecule has 10 heteroatoms. The molecule has 8 nitrogen and oxygen atoms in total. The number of aromatic nitrogens is 1. The first-order valence-electron chi connectivity index (χ1n) is 8.86. The lowest BCUT2D eigenvalue weighted by atomic mass is 10.3. The molecule has 0 aliphatic heterocycles. The smallest absolute Gasteiger partial charge is 0.309 e. The van der Waals surface area contributed by atoms with Crippen molar-refractivity contribution in [3.05, 3.63) is 83.5 Å². The molecule has 156 valence electrons. The van der Waals surface area contributed by atoms with Crippen LogP contribution in [0.4, 0.5) is 0 Å². The predicted octanol–water partition coefficient (Wildman–Crippen LogP) is 2.28. The number of nitrogens with zero attached hydrogens (tertiary/aromatic N) is 1. The van der Waals surface area contributed by atoms with Crippen LogP contribution in [0.25, 0.3) is 0 Å². The fourth-order valence-electron chi connectivity index (χ4n) is 2.65. The molecule has 2 aromatic heterocycles. The van der Waals surface area contributed by atoms with E-state index < -0.39 is 26.9 Å². The Hall–Kier alpha value is -3.17. The zero-order chi connectivity index (χ0) is 21.6. The van der Waals surface area contributed by atoms with Gasteiger partial charge in [0.2, 0.25) is 0 Å². The van der Waals surface area contributed by atoms with Gasteiger partial charge in [-0.15, -0.1) is 0 Å². The first-order chi connectivity index (χ1) is 14.4. The molecule has 30 heavy (non-hydrogen) atoms. The number of nitrogens with one attached hydrogen (secondary N) is 2. The number of pyridine rings is 1. The third-order valence-electron chi connectivity index (χ3n) is 4.19. The molecule has 1 atom stereocenters. The minimum absolute atomic E-state index is 0.0159. The topological polar surface area (TPSA) is 118 Å². The first-order valence-corrected chi connectivity index (χ1v) is 10.8. The summed E-state index contributed by atoms with van der Waals surface area (Å²) in [5.41, 5.74) is 0.581. The Bertz CT molecular complexity index is 1100. The average Bonchev–Trinajstić information content (AvgIpc) is 3.27. The van der Waals surface area contributed by atoms with Crippen molar-refractivity contribution in [2.45, 2.75) is 16.7 Å². The Morgan fingerprint density at radius 3 is 2.37 bits per heavy atom. The molecule has 0 fully saturated rings. The maximum Gasteiger partial charge on any atom is 0.309 e. The summed E-state index contributed by atoms with van der Waals surface area (Å²) < 4.78 is 31.4. The summed E-state index contributed by atoms with van der Waals surface area (Å²) in [6.07, 6.45) is 2.90. The molecule has 0 unspecified atom stereocenters. The zero-order valence-corrected chi connectivity index (χ0v) is 17.2. The van der Waals surface area contributed by atoms with E-state index in [0.717, 1.165) is 0 Å². The summed E-state index contributed by atoms with van der Waals surface area (Å²) in [5, 5.41) is 3.96. The van der Waals surface area contributed by atoms with Crippen molar-refractivity contribution in [1.29, 1.82) is 0 Å². The van der Waals surface area contributed by atoms with E-state index >= 15 is 0 Å². The summed E-state index contributed by atoms with van der Waals surface area (Å²) in [6, 6.07) is 13.9. The monoisotopic (exact) mass is 447 g/mol. The van der Waals surface area contributed by atoms with Crippen LogP contribution < -0.4 is 10.6 Å². The second kappa shape index (κ2) is 9.55. The molecule has 0 saturated carbocycles. The van der Waals surface area contributed by atoms with E-state index in [0.29, 0.717) is 10.7 Å². The minimum atomic E-state index is -3.93. The second-order valence-corrected chi connectivity index (χ2v) is 8.78. The molecule has 0 spiro atoms. The molecule has 0 aliphatic rings. The highest BCUT2D eigenvalue weighted by molar-refractivity contribution is 7.91. The zero-order valence-electron chi connectivity index (χ0n) is 15.6. The summed E-state index contributed by atoms with van der Waals surface area (Å²) in [7, 11) is -3.93. The summed E-state index contributed by atoms with van der Waals surface area (Å²) >= 11 is 5.83. The van der Waals surface area contributed by atoms with E-state index in [1.54, 1.807) is 30.5 Å². The number of hydrogen-bond acceptors (Lipinski definition) is 6. The van der Waals surface area contributed by atoms with Gasteiger partial charge >= 0.3 is 11.8 Å². The molecule has 2 N–H and O–H groups in total. The van der Waals surface area contributed by atoms with E-state index in [9.17, 15) is 18.0 Å². The molecule has 0 radical (unpaired) electrons. The first kappa shape index (κ1) is 21.5. The molecular formula is C20H18ClN3O5S. The highest BCUT2D eigenvalue weighted by atomic mass is 35.5. The Morgan fingerprint density at radius 2 is 1.73 bits per heavy atom. The van der Waals surface area contributed by atoms with Crippen LogP contribution in [0.2, 0.25) is 5.02 Å². The predicted molar refractivity (Wildman–Crippen MR) is 109 cm³/mol. The Kier molecular flexibility index (Phi) is 6.86. The number of amides is 2. The van der Waals surface area contributed by atoms with Gasteiger partial charge in [-0.1, -0.05) is 17.7 Å². The van der Waals surface area contributed by atoms with Crippen molar-refractivity contribution >= 4 is 33.3 Å². The van der Waals surface area contributed by atoms with Crippen LogP contribution in [0.1, 0.15) is 16.7 Å². The van der Waals surface area contributed by atoms with Gasteiger partial charge in [-0.25, -0.2) is 8.42 Å². The summed E-state index contributed by atoms with van der Waals surface area (Å²) in [5.74, 6) is -1.73. The second-order valence-electron chi connectivity index (χ2n) is 6.22. The molecular weight excluding hydrogens is 430 g/mol. The largest absolute Gasteiger partial charge is 0.468 e. The molecule has 3 rings (SSSR count). The van der Waals surface area contributed by atoms with Crippen LogP contribution in [0, 0.1) is 0 Å². The molecule has 1 aromatic carbocycles. The van der Waals surface area contributed by atoms with Gasteiger partial charge in [0, 0.05) is 17.8 Å². The number of benzene rings is 1. The third kappa shape index (κ3) is 5.25. The van der Waals surface area contributed by atoms with Gasteiger partial charge in [-0.3, -0.25) is 14.6 Å². The van der Waals surface area contributed by atoms with Crippen LogP contribution >= 0.6 is 11.6 Å². The SMILES string of the molecule is O=C(NCc1ccccn1)C(=O)NC[C@@H](c1ccco1)S(=O)(=O)c1ccc(Cl)cc1. The highest BCUT2D eigenvalue weighted by Gasteiger charge is 2.32. The van der Waals surface area contributed by atoms with Crippen LogP contribution in [0.5, 0.6) is 0 Å². The summed E-state index contributed by atoms with van der Waals surface area (Å²) in [4.78, 5) is 28.3. The lowest BCUT2D eigenvalue weighted by Gasteiger charge is -2.16. The van der Waals surface area contributed by atoms with Gasteiger partial charge in [-0.05, 0) is 48.5 Å². The van der Waals surface area contributed by atoms with Crippen molar-refractivity contribution in [1.82, 2.24) is 15.6 Å². The summed E-state index contributed by atoms with van der Waals surface area (Å²) in [6.45, 7) is -0.286. The number of halogens is 1. The van der Waals surface area contributed by atoms with E-state index in [1.807, 2.05) is 0 Å². The minimum Gasteiger partial charge on any atom is -0.468 e. The van der Waals surface area contributed by atoms with E-state index in [1.165, 1.54) is 36.6 Å². The van der Waals surface area contributed by atoms with E-state index in [-0.39, 0.29) is 23.7 Å². The molecule has 0 bridgehead atoms. The molecule has 0 saturated heterocycles. The number of rotatable bonds is 7. The lowest BCUT2D eigenvalue weighted by Crippen LogP contribution is -2.42. The fraction of sp³-hybridized carbons (Fsp3) is 0.150. The van der Waals surface area contributed by atoms with Crippen LogP contribution in [-0.4, -0.2) is 31.8 Å². The molecule has 2 amide bonds. The Balaban J connectivity index is 1.69. The van der Waals surface area contributed by atoms with Crippen LogP contribution in [0.15, 0.2) is 76.4 Å². The number of carbonyl (C=O) groups excluding carboxylic acids is 2. The lowest BCUT2D eigenvalue weighted by molar-refractivity contribution is -0.139. The molecule has 2 heterocycles. The van der Waals surface area contributed by atoms with Gasteiger partial charge in [0.25, 0.3) is 0 Å². The number of furan rings is 1. The Labute approximate surface area is 178 Å². The van der Waals surface area contributed by atoms with E-state index in [4.69, 9.17) is 16.0 Å². The number of hydrogen-bond donors (Lipinski definition) is 2. The third-order valence-corrected chi connectivity index (χ3v) is 6.52. The van der Waals surface area contributed by atoms with Crippen molar-refractivity contribution < 1.29 is 22.4 Å². The Morgan fingerprint density at radius 1 is 1.00 bits per heavy atom. The molecule has 3 aromatic rings. The fourth-order valence-corrected chi connectivity index (χ4v) is 4.36. The van der Waals surface area contributed by atoms with Gasteiger partial charge < -0.3 is 15.1 Å². The average molecular weight is 448 g/mol. The van der Waals surface area contributed by atoms with E-state index in [2.05, 4.69) is 15.6 Å². The van der Waals surface area contributed by atoms with Crippen molar-refractivity contribution in [3.8, 4) is 0 Å². The van der Waals surface area contributed by atoms with Gasteiger partial charge in [0.15, 0.2) is 9.84 Å². The molecule has 0 aliphatic carbocycles. The standard InChI is InChI=1S/C20H18ClN3O5S/c21-14-6-8-16(9-7-14)30(27,28)18(17-5-3-11-29-17)13-24-20(26)19(25)23-12-15-4-1-2-10-22-15/h1-11,18H,12-13H2,(H,23,25)(H,24,26)/t18-/m0/s1. The van der Waals surface area contributed by atoms with Gasteiger partial charge in [0.1, 0.15) is 11.0 Å². The number of sulfone groups is 1. The van der Waals surface area contributed by atoms with Gasteiger partial charge in [-0.2, -0.15) is 0 Å².